The Morgan fingerprint density at radius 2 is 1.66 bits per heavy atom. The molecule has 3 aromatic carbocycles. The van der Waals surface area contributed by atoms with Crippen LogP contribution in [0.25, 0.3) is 5.76 Å². The van der Waals surface area contributed by atoms with Crippen LogP contribution >= 0.6 is 11.6 Å². The first-order valence-corrected chi connectivity index (χ1v) is 10.5. The van der Waals surface area contributed by atoms with E-state index in [9.17, 15) is 14.7 Å². The molecule has 32 heavy (non-hydrogen) atoms. The summed E-state index contributed by atoms with van der Waals surface area (Å²) in [5.41, 5.74) is 3.29. The van der Waals surface area contributed by atoms with Gasteiger partial charge in [0.25, 0.3) is 11.7 Å². The number of ether oxygens (including phenoxy) is 1. The molecule has 1 heterocycles. The number of aryl methyl sites for hydroxylation is 2. The fourth-order valence-corrected chi connectivity index (χ4v) is 4.32. The predicted molar refractivity (Wildman–Crippen MR) is 125 cm³/mol. The molecule has 5 nitrogen and oxygen atoms in total. The third-order valence-corrected chi connectivity index (χ3v) is 5.79. The molecule has 162 valence electrons. The highest BCUT2D eigenvalue weighted by molar-refractivity contribution is 6.51. The van der Waals surface area contributed by atoms with Crippen LogP contribution in [0.2, 0.25) is 5.02 Å². The van der Waals surface area contributed by atoms with Gasteiger partial charge in [0.2, 0.25) is 0 Å². The second-order valence-electron chi connectivity index (χ2n) is 7.72. The number of aliphatic hydroxyl groups is 1. The van der Waals surface area contributed by atoms with Crippen molar-refractivity contribution in [2.24, 2.45) is 0 Å². The van der Waals surface area contributed by atoms with Crippen molar-refractivity contribution >= 4 is 34.7 Å². The largest absolute Gasteiger partial charge is 0.507 e. The summed E-state index contributed by atoms with van der Waals surface area (Å²) < 4.78 is 5.52. The highest BCUT2D eigenvalue weighted by Gasteiger charge is 2.47. The molecule has 0 aliphatic carbocycles. The highest BCUT2D eigenvalue weighted by Crippen LogP contribution is 2.43. The fourth-order valence-electron chi connectivity index (χ4n) is 4.19. The number of amides is 1. The molecule has 1 unspecified atom stereocenters. The van der Waals surface area contributed by atoms with Gasteiger partial charge in [0.15, 0.2) is 0 Å². The summed E-state index contributed by atoms with van der Waals surface area (Å²) in [6, 6.07) is 18.7. The average Bonchev–Trinajstić information content (AvgIpc) is 3.04. The van der Waals surface area contributed by atoms with E-state index in [0.717, 1.165) is 11.1 Å². The molecule has 1 aliphatic rings. The van der Waals surface area contributed by atoms with Gasteiger partial charge in [-0.25, -0.2) is 0 Å². The van der Waals surface area contributed by atoms with E-state index in [-0.39, 0.29) is 11.3 Å². The molecule has 1 saturated heterocycles. The molecule has 0 bridgehead atoms. The lowest BCUT2D eigenvalue weighted by Crippen LogP contribution is -2.29. The van der Waals surface area contributed by atoms with Gasteiger partial charge in [-0.3, -0.25) is 14.5 Å². The molecule has 1 fully saturated rings. The number of hydrogen-bond acceptors (Lipinski definition) is 4. The number of Topliss-reactive ketones (excluding diaryl/α,β-unsaturated/α-hetero) is 1. The molecule has 1 aliphatic heterocycles. The van der Waals surface area contributed by atoms with Gasteiger partial charge in [0.1, 0.15) is 11.5 Å². The first-order chi connectivity index (χ1) is 15.3. The van der Waals surface area contributed by atoms with Crippen molar-refractivity contribution in [2.75, 3.05) is 12.0 Å². The van der Waals surface area contributed by atoms with Crippen LogP contribution in [0.5, 0.6) is 5.75 Å². The molecule has 4 rings (SSSR count). The summed E-state index contributed by atoms with van der Waals surface area (Å²) in [5, 5.41) is 11.9. The van der Waals surface area contributed by atoms with E-state index < -0.39 is 17.7 Å². The molecular weight excluding hydrogens is 426 g/mol. The number of hydrogen-bond donors (Lipinski definition) is 1. The van der Waals surface area contributed by atoms with Crippen molar-refractivity contribution in [2.45, 2.75) is 19.9 Å². The summed E-state index contributed by atoms with van der Waals surface area (Å²) in [6.07, 6.45) is 0. The molecule has 1 atom stereocenters. The van der Waals surface area contributed by atoms with E-state index in [0.29, 0.717) is 27.6 Å². The molecule has 0 radical (unpaired) electrons. The SMILES string of the molecule is COc1c(C)cc(C)cc1/C(O)=C1\C(=O)C(=O)N(c2ccccc2)C1c1ccc(Cl)cc1. The van der Waals surface area contributed by atoms with Crippen LogP contribution in [-0.4, -0.2) is 23.9 Å². The number of nitrogens with zero attached hydrogens (tertiary/aromatic N) is 1. The number of carbonyl (C=O) groups is 2. The Kier molecular flexibility index (Phi) is 5.76. The van der Waals surface area contributed by atoms with E-state index in [1.807, 2.05) is 26.0 Å². The lowest BCUT2D eigenvalue weighted by molar-refractivity contribution is -0.132. The Bertz CT molecular complexity index is 1230. The van der Waals surface area contributed by atoms with E-state index in [2.05, 4.69) is 0 Å². The first kappa shape index (κ1) is 21.7. The van der Waals surface area contributed by atoms with Gasteiger partial charge in [0, 0.05) is 10.7 Å². The number of benzene rings is 3. The van der Waals surface area contributed by atoms with E-state index >= 15 is 0 Å². The minimum atomic E-state index is -0.819. The van der Waals surface area contributed by atoms with E-state index in [1.54, 1.807) is 54.6 Å². The van der Waals surface area contributed by atoms with Crippen molar-refractivity contribution in [1.29, 1.82) is 0 Å². The number of methoxy groups -OCH3 is 1. The quantitative estimate of drug-likeness (QED) is 0.321. The first-order valence-electron chi connectivity index (χ1n) is 10.1. The van der Waals surface area contributed by atoms with Gasteiger partial charge in [0.05, 0.1) is 24.3 Å². The zero-order valence-corrected chi connectivity index (χ0v) is 18.7. The lowest BCUT2D eigenvalue weighted by atomic mass is 9.93. The van der Waals surface area contributed by atoms with E-state index in [4.69, 9.17) is 16.3 Å². The molecule has 1 amide bonds. The van der Waals surface area contributed by atoms with Crippen LogP contribution in [0.3, 0.4) is 0 Å². The third kappa shape index (κ3) is 3.65. The molecule has 6 heteroatoms. The minimum Gasteiger partial charge on any atom is -0.507 e. The fraction of sp³-hybridized carbons (Fsp3) is 0.154. The Hall–Kier alpha value is -3.57. The molecule has 3 aromatic rings. The molecule has 0 spiro atoms. The summed E-state index contributed by atoms with van der Waals surface area (Å²) in [4.78, 5) is 27.8. The van der Waals surface area contributed by atoms with Crippen molar-refractivity contribution < 1.29 is 19.4 Å². The average molecular weight is 448 g/mol. The van der Waals surface area contributed by atoms with Gasteiger partial charge in [-0.2, -0.15) is 0 Å². The Balaban J connectivity index is 2.00. The van der Waals surface area contributed by atoms with Crippen LogP contribution in [0.4, 0.5) is 5.69 Å². The van der Waals surface area contributed by atoms with Crippen LogP contribution in [0, 0.1) is 13.8 Å². The Morgan fingerprint density at radius 3 is 2.28 bits per heavy atom. The molecule has 1 N–H and O–H groups in total. The number of ketones is 1. The lowest BCUT2D eigenvalue weighted by Gasteiger charge is -2.25. The van der Waals surface area contributed by atoms with Gasteiger partial charge in [-0.05, 0) is 60.9 Å². The minimum absolute atomic E-state index is 0.00414. The maximum Gasteiger partial charge on any atom is 0.300 e. The van der Waals surface area contributed by atoms with Crippen molar-refractivity contribution in [3.05, 3.63) is 99.6 Å². The van der Waals surface area contributed by atoms with Crippen LogP contribution < -0.4 is 9.64 Å². The predicted octanol–water partition coefficient (Wildman–Crippen LogP) is 5.59. The van der Waals surface area contributed by atoms with Crippen LogP contribution in [0.15, 0.2) is 72.3 Å². The third-order valence-electron chi connectivity index (χ3n) is 5.54. The van der Waals surface area contributed by atoms with Crippen molar-refractivity contribution in [1.82, 2.24) is 0 Å². The number of halogens is 1. The number of para-hydroxylation sites is 1. The van der Waals surface area contributed by atoms with Gasteiger partial charge in [-0.1, -0.05) is 48.0 Å². The van der Waals surface area contributed by atoms with Crippen molar-refractivity contribution in [3.63, 3.8) is 0 Å². The topological polar surface area (TPSA) is 66.8 Å². The maximum absolute atomic E-state index is 13.2. The van der Waals surface area contributed by atoms with Crippen LogP contribution in [0.1, 0.15) is 28.3 Å². The Morgan fingerprint density at radius 1 is 1.00 bits per heavy atom. The van der Waals surface area contributed by atoms with Gasteiger partial charge >= 0.3 is 0 Å². The molecular formula is C26H22ClNO4. The summed E-state index contributed by atoms with van der Waals surface area (Å²) in [7, 11) is 1.51. The summed E-state index contributed by atoms with van der Waals surface area (Å²) in [6.45, 7) is 3.75. The van der Waals surface area contributed by atoms with Gasteiger partial charge < -0.3 is 9.84 Å². The number of aliphatic hydroxyl groups excluding tert-OH is 1. The van der Waals surface area contributed by atoms with E-state index in [1.165, 1.54) is 12.0 Å². The van der Waals surface area contributed by atoms with Gasteiger partial charge in [-0.15, -0.1) is 0 Å². The standard InChI is InChI=1S/C26H22ClNO4/c1-15-13-16(2)25(32-3)20(14-15)23(29)21-22(17-9-11-18(27)12-10-17)28(26(31)24(21)30)19-7-5-4-6-8-19/h4-14,22,29H,1-3H3/b23-21+. The normalized spacial score (nSPS) is 17.6. The molecule has 0 saturated carbocycles. The number of carbonyl (C=O) groups excluding carboxylic acids is 2. The zero-order valence-electron chi connectivity index (χ0n) is 17.9. The number of anilines is 1. The summed E-state index contributed by atoms with van der Waals surface area (Å²) in [5.74, 6) is -1.28. The zero-order chi connectivity index (χ0) is 23.0. The second kappa shape index (κ2) is 8.52. The highest BCUT2D eigenvalue weighted by atomic mass is 35.5. The van der Waals surface area contributed by atoms with Crippen LogP contribution in [-0.2, 0) is 9.59 Å². The maximum atomic E-state index is 13.2. The second-order valence-corrected chi connectivity index (χ2v) is 8.16. The molecule has 0 aromatic heterocycles. The Labute approximate surface area is 191 Å². The number of rotatable bonds is 4. The smallest absolute Gasteiger partial charge is 0.300 e. The monoisotopic (exact) mass is 447 g/mol. The van der Waals surface area contributed by atoms with Crippen molar-refractivity contribution in [3.8, 4) is 5.75 Å². The summed E-state index contributed by atoms with van der Waals surface area (Å²) >= 11 is 6.07.